The normalized spacial score (nSPS) is 14.6. The molecule has 0 fully saturated rings. The predicted octanol–water partition coefficient (Wildman–Crippen LogP) is 1.96. The van der Waals surface area contributed by atoms with Crippen LogP contribution in [0.15, 0.2) is 48.7 Å². The molecule has 0 spiro atoms. The van der Waals surface area contributed by atoms with Crippen molar-refractivity contribution < 1.29 is 19.8 Å². The van der Waals surface area contributed by atoms with Crippen molar-refractivity contribution >= 4 is 28.5 Å². The zero-order valence-electron chi connectivity index (χ0n) is 13.8. The van der Waals surface area contributed by atoms with Gasteiger partial charge in [0.2, 0.25) is 5.91 Å². The Morgan fingerprint density at radius 3 is 2.88 bits per heavy atom. The van der Waals surface area contributed by atoms with E-state index in [-0.39, 0.29) is 24.5 Å². The molecule has 7 nitrogen and oxygen atoms in total. The molecule has 0 aliphatic carbocycles. The molecule has 7 heteroatoms. The smallest absolute Gasteiger partial charge is 0.322 e. The summed E-state index contributed by atoms with van der Waals surface area (Å²) in [5.41, 5.74) is 5.82. The summed E-state index contributed by atoms with van der Waals surface area (Å²) in [6.07, 6.45) is 2.16. The van der Waals surface area contributed by atoms with Crippen LogP contribution in [0, 0.1) is 0 Å². The minimum atomic E-state index is -1.06. The predicted molar refractivity (Wildman–Crippen MR) is 95.9 cm³/mol. The number of aromatic nitrogens is 1. The van der Waals surface area contributed by atoms with Gasteiger partial charge in [-0.25, -0.2) is 10.4 Å². The first-order valence-electron chi connectivity index (χ1n) is 8.22. The van der Waals surface area contributed by atoms with E-state index in [0.29, 0.717) is 5.69 Å². The molecule has 0 saturated carbocycles. The van der Waals surface area contributed by atoms with Crippen LogP contribution in [0.1, 0.15) is 11.1 Å². The molecule has 1 amide bonds. The first-order valence-corrected chi connectivity index (χ1v) is 8.22. The van der Waals surface area contributed by atoms with Crippen LogP contribution in [0.4, 0.5) is 5.69 Å². The number of aliphatic carboxylic acids is 1. The van der Waals surface area contributed by atoms with Crippen molar-refractivity contribution in [3.05, 3.63) is 59.8 Å². The van der Waals surface area contributed by atoms with Gasteiger partial charge in [0, 0.05) is 29.6 Å². The molecule has 2 aromatic carbocycles. The lowest BCUT2D eigenvalue weighted by atomic mass is 10.1. The molecule has 1 aliphatic heterocycles. The molecular weight excluding hydrogens is 334 g/mol. The number of anilines is 1. The van der Waals surface area contributed by atoms with Gasteiger partial charge in [-0.2, -0.15) is 0 Å². The molecule has 1 atom stereocenters. The highest BCUT2D eigenvalue weighted by atomic mass is 16.4. The van der Waals surface area contributed by atoms with Crippen molar-refractivity contribution in [2.75, 3.05) is 5.01 Å². The molecule has 0 radical (unpaired) electrons. The lowest BCUT2D eigenvalue weighted by molar-refractivity contribution is -0.139. The molecule has 2 heterocycles. The highest BCUT2D eigenvalue weighted by Crippen LogP contribution is 2.31. The van der Waals surface area contributed by atoms with Crippen LogP contribution in [-0.4, -0.2) is 33.1 Å². The Bertz CT molecular complexity index is 1010. The average molecular weight is 351 g/mol. The number of aromatic amines is 1. The number of hydrogen-bond acceptors (Lipinski definition) is 4. The monoisotopic (exact) mass is 351 g/mol. The number of nitrogens with one attached hydrogen (secondary N) is 2. The van der Waals surface area contributed by atoms with Crippen molar-refractivity contribution in [3.8, 4) is 5.75 Å². The van der Waals surface area contributed by atoms with Crippen LogP contribution in [0.5, 0.6) is 5.75 Å². The van der Waals surface area contributed by atoms with E-state index in [2.05, 4.69) is 10.4 Å². The SMILES string of the molecule is O=C(O)[C@H](Cc1c[nH]c2ccccc12)NN1C(=O)Cc2ccc(O)cc21. The number of carbonyl (C=O) groups excluding carboxylic acids is 1. The van der Waals surface area contributed by atoms with Gasteiger partial charge in [-0.15, -0.1) is 0 Å². The fraction of sp³-hybridized carbons (Fsp3) is 0.158. The Morgan fingerprint density at radius 2 is 2.08 bits per heavy atom. The minimum Gasteiger partial charge on any atom is -0.508 e. The second-order valence-electron chi connectivity index (χ2n) is 6.30. The molecular formula is C19H17N3O4. The average Bonchev–Trinajstić information content (AvgIpc) is 3.16. The van der Waals surface area contributed by atoms with Gasteiger partial charge in [-0.05, 0) is 23.3 Å². The number of benzene rings is 2. The Kier molecular flexibility index (Phi) is 3.85. The summed E-state index contributed by atoms with van der Waals surface area (Å²) < 4.78 is 0. The van der Waals surface area contributed by atoms with Crippen LogP contribution < -0.4 is 10.4 Å². The van der Waals surface area contributed by atoms with E-state index >= 15 is 0 Å². The number of hydrazine groups is 1. The first kappa shape index (κ1) is 16.2. The Labute approximate surface area is 148 Å². The summed E-state index contributed by atoms with van der Waals surface area (Å²) in [4.78, 5) is 27.2. The van der Waals surface area contributed by atoms with Crippen molar-refractivity contribution in [2.45, 2.75) is 18.9 Å². The third-order valence-corrected chi connectivity index (χ3v) is 4.58. The second-order valence-corrected chi connectivity index (χ2v) is 6.30. The zero-order chi connectivity index (χ0) is 18.3. The van der Waals surface area contributed by atoms with E-state index in [0.717, 1.165) is 22.0 Å². The molecule has 132 valence electrons. The molecule has 0 bridgehead atoms. The van der Waals surface area contributed by atoms with Gasteiger partial charge in [0.05, 0.1) is 12.1 Å². The number of H-pyrrole nitrogens is 1. The van der Waals surface area contributed by atoms with Gasteiger partial charge in [-0.3, -0.25) is 9.59 Å². The molecule has 0 unspecified atom stereocenters. The van der Waals surface area contributed by atoms with Crippen LogP contribution >= 0.6 is 0 Å². The summed E-state index contributed by atoms with van der Waals surface area (Å²) in [6.45, 7) is 0. The van der Waals surface area contributed by atoms with E-state index in [9.17, 15) is 19.8 Å². The van der Waals surface area contributed by atoms with Crippen LogP contribution in [-0.2, 0) is 22.4 Å². The summed E-state index contributed by atoms with van der Waals surface area (Å²) in [5.74, 6) is -1.29. The highest BCUT2D eigenvalue weighted by molar-refractivity contribution is 6.01. The van der Waals surface area contributed by atoms with Crippen LogP contribution in [0.3, 0.4) is 0 Å². The maximum Gasteiger partial charge on any atom is 0.322 e. The number of phenols is 1. The lowest BCUT2D eigenvalue weighted by Crippen LogP contribution is -2.51. The van der Waals surface area contributed by atoms with Gasteiger partial charge < -0.3 is 15.2 Å². The zero-order valence-corrected chi connectivity index (χ0v) is 13.8. The summed E-state index contributed by atoms with van der Waals surface area (Å²) in [6, 6.07) is 11.3. The highest BCUT2D eigenvalue weighted by Gasteiger charge is 2.32. The number of carboxylic acid groups (broad SMARTS) is 1. The van der Waals surface area contributed by atoms with Gasteiger partial charge >= 0.3 is 5.97 Å². The van der Waals surface area contributed by atoms with Crippen LogP contribution in [0.25, 0.3) is 10.9 Å². The molecule has 1 aliphatic rings. The summed E-state index contributed by atoms with van der Waals surface area (Å²) >= 11 is 0. The minimum absolute atomic E-state index is 0.0220. The number of carboxylic acids is 1. The molecule has 0 saturated heterocycles. The number of phenolic OH excluding ortho intramolecular Hbond substituents is 1. The van der Waals surface area contributed by atoms with Gasteiger partial charge in [0.1, 0.15) is 11.8 Å². The van der Waals surface area contributed by atoms with Crippen LogP contribution in [0.2, 0.25) is 0 Å². The lowest BCUT2D eigenvalue weighted by Gasteiger charge is -2.23. The fourth-order valence-corrected chi connectivity index (χ4v) is 3.29. The van der Waals surface area contributed by atoms with Crippen molar-refractivity contribution in [1.82, 2.24) is 10.4 Å². The molecule has 4 N–H and O–H groups in total. The van der Waals surface area contributed by atoms with E-state index in [1.165, 1.54) is 17.1 Å². The third-order valence-electron chi connectivity index (χ3n) is 4.58. The quantitative estimate of drug-likeness (QED) is 0.562. The summed E-state index contributed by atoms with van der Waals surface area (Å²) in [7, 11) is 0. The standard InChI is InChI=1S/C19H17N3O4/c23-13-6-5-11-8-18(24)22(17(11)9-13)21-16(19(25)26)7-12-10-20-15-4-2-1-3-14(12)15/h1-6,9-10,16,20-21,23H,7-8H2,(H,25,26)/t16-/m0/s1. The first-order chi connectivity index (χ1) is 12.5. The molecule has 4 rings (SSSR count). The Morgan fingerprint density at radius 1 is 1.27 bits per heavy atom. The fourth-order valence-electron chi connectivity index (χ4n) is 3.29. The number of hydrogen-bond donors (Lipinski definition) is 4. The van der Waals surface area contributed by atoms with E-state index in [1.807, 2.05) is 24.3 Å². The van der Waals surface area contributed by atoms with Gasteiger partial charge in [0.15, 0.2) is 0 Å². The number of amides is 1. The third kappa shape index (κ3) is 2.78. The maximum absolute atomic E-state index is 12.3. The van der Waals surface area contributed by atoms with E-state index < -0.39 is 12.0 Å². The maximum atomic E-state index is 12.3. The van der Waals surface area contributed by atoms with Crippen molar-refractivity contribution in [2.24, 2.45) is 0 Å². The Hall–Kier alpha value is -3.32. The van der Waals surface area contributed by atoms with Crippen molar-refractivity contribution in [1.29, 1.82) is 0 Å². The number of carbonyl (C=O) groups is 2. The molecule has 1 aromatic heterocycles. The Balaban J connectivity index is 1.61. The number of fused-ring (bicyclic) bond motifs is 2. The van der Waals surface area contributed by atoms with Gasteiger partial charge in [-0.1, -0.05) is 24.3 Å². The topological polar surface area (TPSA) is 106 Å². The number of rotatable bonds is 5. The van der Waals surface area contributed by atoms with E-state index in [4.69, 9.17) is 0 Å². The number of aromatic hydroxyl groups is 1. The molecule has 3 aromatic rings. The van der Waals surface area contributed by atoms with Crippen molar-refractivity contribution in [3.63, 3.8) is 0 Å². The largest absolute Gasteiger partial charge is 0.508 e. The number of nitrogens with zero attached hydrogens (tertiary/aromatic N) is 1. The summed E-state index contributed by atoms with van der Waals surface area (Å²) in [5, 5.41) is 21.5. The van der Waals surface area contributed by atoms with E-state index in [1.54, 1.807) is 12.3 Å². The second kappa shape index (κ2) is 6.20. The number of para-hydroxylation sites is 1. The molecule has 26 heavy (non-hydrogen) atoms. The van der Waals surface area contributed by atoms with Gasteiger partial charge in [0.25, 0.3) is 0 Å².